The molecule has 0 radical (unpaired) electrons. The number of aromatic nitrogens is 7. The quantitative estimate of drug-likeness (QED) is 0.507. The molecule has 30 heavy (non-hydrogen) atoms. The maximum Gasteiger partial charge on any atom is 0.236 e. The van der Waals surface area contributed by atoms with Crippen molar-refractivity contribution in [2.75, 3.05) is 0 Å². The molecule has 7 rings (SSSR count). The molecule has 3 fully saturated rings. The highest BCUT2D eigenvalue weighted by Gasteiger charge is 2.53. The number of fused-ring (bicyclic) bond motifs is 2. The van der Waals surface area contributed by atoms with Crippen molar-refractivity contribution in [3.05, 3.63) is 53.9 Å². The lowest BCUT2D eigenvalue weighted by atomic mass is 9.66. The Balaban J connectivity index is 1.46. The summed E-state index contributed by atoms with van der Waals surface area (Å²) in [5.41, 5.74) is 2.10. The molecule has 0 aliphatic heterocycles. The largest absolute Gasteiger partial charge is 0.468 e. The minimum atomic E-state index is -0.367. The maximum atomic E-state index is 14.4. The summed E-state index contributed by atoms with van der Waals surface area (Å²) in [4.78, 5) is 4.23. The molecule has 152 valence electrons. The summed E-state index contributed by atoms with van der Waals surface area (Å²) in [5, 5.41) is 17.5. The Kier molecular flexibility index (Phi) is 3.68. The summed E-state index contributed by atoms with van der Waals surface area (Å²) in [6.45, 7) is 0.211. The number of rotatable bonds is 5. The second-order valence-electron chi connectivity index (χ2n) is 8.35. The van der Waals surface area contributed by atoms with E-state index < -0.39 is 0 Å². The van der Waals surface area contributed by atoms with Crippen molar-refractivity contribution >= 4 is 5.65 Å². The van der Waals surface area contributed by atoms with Crippen LogP contribution in [-0.2, 0) is 19.1 Å². The van der Waals surface area contributed by atoms with E-state index in [-0.39, 0.29) is 17.8 Å². The first-order valence-electron chi connectivity index (χ1n) is 10.1. The molecule has 8 nitrogen and oxygen atoms in total. The number of ether oxygens (including phenoxy) is 1. The monoisotopic (exact) mass is 405 g/mol. The van der Waals surface area contributed by atoms with Gasteiger partial charge in [0.1, 0.15) is 12.1 Å². The fourth-order valence-corrected chi connectivity index (χ4v) is 4.98. The Hall–Kier alpha value is -3.36. The van der Waals surface area contributed by atoms with E-state index in [4.69, 9.17) is 9.84 Å². The average Bonchev–Trinajstić information content (AvgIpc) is 3.49. The topological polar surface area (TPSA) is 83.0 Å². The zero-order valence-corrected chi connectivity index (χ0v) is 16.5. The fourth-order valence-electron chi connectivity index (χ4n) is 4.98. The van der Waals surface area contributed by atoms with Crippen molar-refractivity contribution in [1.29, 1.82) is 0 Å². The van der Waals surface area contributed by atoms with Gasteiger partial charge in [0.15, 0.2) is 23.9 Å². The lowest BCUT2D eigenvalue weighted by molar-refractivity contribution is 0.218. The summed E-state index contributed by atoms with van der Waals surface area (Å²) in [5.74, 6) is 1.88. The summed E-state index contributed by atoms with van der Waals surface area (Å²) in [6, 6.07) is 8.50. The Morgan fingerprint density at radius 3 is 2.80 bits per heavy atom. The number of hydrogen-bond acceptors (Lipinski definition) is 6. The molecule has 0 amide bonds. The standard InChI is InChI=1S/C21H20FN7O/c1-28-12-23-17(26-28)11-30-20-15(21-7-6-13(9-21)10-21)8-18-24-25-19(29(18)27-20)14-4-2-3-5-16(14)22/h2-5,8,12-13H,6-7,9-11H2,1H3. The predicted molar refractivity (Wildman–Crippen MR) is 105 cm³/mol. The molecule has 4 aromatic rings. The van der Waals surface area contributed by atoms with Crippen LogP contribution >= 0.6 is 0 Å². The van der Waals surface area contributed by atoms with Crippen molar-refractivity contribution in [2.24, 2.45) is 13.0 Å². The van der Waals surface area contributed by atoms with Gasteiger partial charge in [-0.1, -0.05) is 12.1 Å². The molecule has 3 aliphatic carbocycles. The molecular weight excluding hydrogens is 385 g/mol. The van der Waals surface area contributed by atoms with E-state index in [1.54, 1.807) is 33.7 Å². The first-order chi connectivity index (χ1) is 14.6. The zero-order valence-electron chi connectivity index (χ0n) is 16.5. The number of nitrogens with zero attached hydrogens (tertiary/aromatic N) is 7. The molecule has 9 heteroatoms. The number of aryl methyl sites for hydroxylation is 1. The van der Waals surface area contributed by atoms with E-state index in [0.717, 1.165) is 30.7 Å². The lowest BCUT2D eigenvalue weighted by Gasteiger charge is -2.39. The Bertz CT molecular complexity index is 1250. The summed E-state index contributed by atoms with van der Waals surface area (Å²) >= 11 is 0. The van der Waals surface area contributed by atoms with Crippen LogP contribution in [0.5, 0.6) is 5.88 Å². The van der Waals surface area contributed by atoms with Gasteiger partial charge in [0.25, 0.3) is 0 Å². The third-order valence-corrected chi connectivity index (χ3v) is 6.42. The predicted octanol–water partition coefficient (Wildman–Crippen LogP) is 3.08. The maximum absolute atomic E-state index is 14.4. The van der Waals surface area contributed by atoms with Gasteiger partial charge in [0, 0.05) is 18.0 Å². The van der Waals surface area contributed by atoms with Gasteiger partial charge in [-0.25, -0.2) is 9.37 Å². The molecule has 0 N–H and O–H groups in total. The van der Waals surface area contributed by atoms with E-state index in [1.165, 1.54) is 12.5 Å². The SMILES string of the molecule is Cn1cnc(COc2nn3c(-c4ccccc4F)nnc3cc2C23CCC(C2)C3)n1. The van der Waals surface area contributed by atoms with E-state index >= 15 is 0 Å². The van der Waals surface area contributed by atoms with E-state index in [0.29, 0.717) is 28.7 Å². The molecule has 2 bridgehead atoms. The minimum absolute atomic E-state index is 0.0937. The van der Waals surface area contributed by atoms with Crippen LogP contribution in [0.1, 0.15) is 37.1 Å². The van der Waals surface area contributed by atoms with Gasteiger partial charge in [-0.2, -0.15) is 9.61 Å². The van der Waals surface area contributed by atoms with Crippen LogP contribution in [0, 0.1) is 11.7 Å². The number of halogens is 1. The smallest absolute Gasteiger partial charge is 0.236 e. The number of benzene rings is 1. The van der Waals surface area contributed by atoms with Gasteiger partial charge in [0.2, 0.25) is 5.88 Å². The second kappa shape index (κ2) is 6.32. The normalized spacial score (nSPS) is 22.4. The minimum Gasteiger partial charge on any atom is -0.468 e. The third kappa shape index (κ3) is 2.61. The van der Waals surface area contributed by atoms with Gasteiger partial charge < -0.3 is 4.74 Å². The highest BCUT2D eigenvalue weighted by Crippen LogP contribution is 2.61. The third-order valence-electron chi connectivity index (χ3n) is 6.42. The molecule has 3 aliphatic rings. The first-order valence-corrected chi connectivity index (χ1v) is 10.1. The molecule has 3 aromatic heterocycles. The van der Waals surface area contributed by atoms with Crippen LogP contribution in [0.25, 0.3) is 17.0 Å². The van der Waals surface area contributed by atoms with Crippen LogP contribution in [0.15, 0.2) is 36.7 Å². The van der Waals surface area contributed by atoms with Crippen LogP contribution in [0.2, 0.25) is 0 Å². The molecule has 3 heterocycles. The fraction of sp³-hybridized carbons (Fsp3) is 0.381. The second-order valence-corrected chi connectivity index (χ2v) is 8.35. The van der Waals surface area contributed by atoms with Crippen LogP contribution in [0.3, 0.4) is 0 Å². The molecule has 0 spiro atoms. The highest BCUT2D eigenvalue weighted by molar-refractivity contribution is 5.60. The van der Waals surface area contributed by atoms with E-state index in [2.05, 4.69) is 20.3 Å². The van der Waals surface area contributed by atoms with Gasteiger partial charge >= 0.3 is 0 Å². The average molecular weight is 405 g/mol. The Morgan fingerprint density at radius 2 is 2.07 bits per heavy atom. The van der Waals surface area contributed by atoms with Crippen LogP contribution < -0.4 is 4.74 Å². The number of hydrogen-bond donors (Lipinski definition) is 0. The molecule has 0 atom stereocenters. The highest BCUT2D eigenvalue weighted by atomic mass is 19.1. The van der Waals surface area contributed by atoms with E-state index in [9.17, 15) is 4.39 Å². The Morgan fingerprint density at radius 1 is 1.20 bits per heavy atom. The van der Waals surface area contributed by atoms with Crippen LogP contribution in [-0.4, -0.2) is 34.6 Å². The zero-order chi connectivity index (χ0) is 20.3. The van der Waals surface area contributed by atoms with Crippen LogP contribution in [0.4, 0.5) is 4.39 Å². The molecule has 3 saturated carbocycles. The van der Waals surface area contributed by atoms with Crippen molar-refractivity contribution < 1.29 is 9.13 Å². The van der Waals surface area contributed by atoms with Crippen molar-refractivity contribution in [2.45, 2.75) is 37.7 Å². The lowest BCUT2D eigenvalue weighted by Crippen LogP contribution is -2.33. The summed E-state index contributed by atoms with van der Waals surface area (Å²) in [7, 11) is 1.82. The van der Waals surface area contributed by atoms with Gasteiger partial charge in [0.05, 0.1) is 5.56 Å². The van der Waals surface area contributed by atoms with Gasteiger partial charge in [-0.05, 0) is 49.8 Å². The van der Waals surface area contributed by atoms with Crippen molar-refractivity contribution in [3.8, 4) is 17.3 Å². The van der Waals surface area contributed by atoms with Gasteiger partial charge in [-0.15, -0.1) is 15.3 Å². The molecular formula is C21H20FN7O. The van der Waals surface area contributed by atoms with Crippen molar-refractivity contribution in [1.82, 2.24) is 34.6 Å². The summed E-state index contributed by atoms with van der Waals surface area (Å²) < 4.78 is 23.7. The first kappa shape index (κ1) is 17.5. The molecule has 1 aromatic carbocycles. The van der Waals surface area contributed by atoms with Crippen molar-refractivity contribution in [3.63, 3.8) is 0 Å². The molecule has 0 unspecified atom stereocenters. The van der Waals surface area contributed by atoms with Gasteiger partial charge in [-0.3, -0.25) is 4.68 Å². The Labute approximate surface area is 171 Å². The molecule has 0 saturated heterocycles. The summed E-state index contributed by atoms with van der Waals surface area (Å²) in [6.07, 6.45) is 6.30. The van der Waals surface area contributed by atoms with E-state index in [1.807, 2.05) is 13.1 Å².